The van der Waals surface area contributed by atoms with Gasteiger partial charge in [-0.2, -0.15) is 4.31 Å². The van der Waals surface area contributed by atoms with Crippen molar-refractivity contribution in [3.63, 3.8) is 0 Å². The van der Waals surface area contributed by atoms with Gasteiger partial charge in [0.2, 0.25) is 0 Å². The van der Waals surface area contributed by atoms with Crippen LogP contribution in [-0.4, -0.2) is 52.9 Å². The monoisotopic (exact) mass is 430 g/mol. The van der Waals surface area contributed by atoms with E-state index in [0.29, 0.717) is 15.6 Å². The van der Waals surface area contributed by atoms with Gasteiger partial charge in [0, 0.05) is 29.1 Å². The maximum atomic E-state index is 12.8. The first-order chi connectivity index (χ1) is 12.7. The zero-order valence-electron chi connectivity index (χ0n) is 13.8. The molecule has 2 aromatic rings. The summed E-state index contributed by atoms with van der Waals surface area (Å²) in [6.07, 6.45) is -0.0697. The molecule has 8 nitrogen and oxygen atoms in total. The predicted octanol–water partition coefficient (Wildman–Crippen LogP) is 2.26. The quantitative estimate of drug-likeness (QED) is 0.745. The minimum absolute atomic E-state index is 0.0697. The number of rotatable bonds is 5. The van der Waals surface area contributed by atoms with E-state index in [-0.39, 0.29) is 18.0 Å². The van der Waals surface area contributed by atoms with Gasteiger partial charge in [0.05, 0.1) is 11.8 Å². The Morgan fingerprint density at radius 3 is 2.37 bits per heavy atom. The van der Waals surface area contributed by atoms with E-state index in [1.54, 1.807) is 24.3 Å². The number of hydrogen-bond donors (Lipinski definition) is 2. The van der Waals surface area contributed by atoms with Crippen molar-refractivity contribution in [2.75, 3.05) is 13.1 Å². The van der Waals surface area contributed by atoms with Gasteiger partial charge >= 0.3 is 11.9 Å². The number of hydrogen-bond acceptors (Lipinski definition) is 6. The van der Waals surface area contributed by atoms with Crippen molar-refractivity contribution in [3.8, 4) is 10.6 Å². The predicted molar refractivity (Wildman–Crippen MR) is 98.2 cm³/mol. The SMILES string of the molecule is O=C(O)C1CCN(S(=O)(=O)c2csc(-c3ccc(Cl)cc3)n2)CC1C(=O)O. The summed E-state index contributed by atoms with van der Waals surface area (Å²) in [5.74, 6) is -4.99. The van der Waals surface area contributed by atoms with Gasteiger partial charge in [0.1, 0.15) is 5.01 Å². The molecule has 0 amide bonds. The van der Waals surface area contributed by atoms with Gasteiger partial charge in [-0.3, -0.25) is 9.59 Å². The number of sulfonamides is 1. The molecule has 27 heavy (non-hydrogen) atoms. The highest BCUT2D eigenvalue weighted by Crippen LogP contribution is 2.31. The van der Waals surface area contributed by atoms with Gasteiger partial charge < -0.3 is 10.2 Å². The van der Waals surface area contributed by atoms with Crippen molar-refractivity contribution in [1.82, 2.24) is 9.29 Å². The molecule has 1 aromatic heterocycles. The second-order valence-electron chi connectivity index (χ2n) is 6.04. The number of carboxylic acid groups (broad SMARTS) is 2. The lowest BCUT2D eigenvalue weighted by atomic mass is 9.86. The van der Waals surface area contributed by atoms with Crippen LogP contribution in [-0.2, 0) is 19.6 Å². The van der Waals surface area contributed by atoms with Gasteiger partial charge in [-0.25, -0.2) is 13.4 Å². The Morgan fingerprint density at radius 2 is 1.78 bits per heavy atom. The molecule has 11 heteroatoms. The van der Waals surface area contributed by atoms with Crippen LogP contribution in [0.15, 0.2) is 34.7 Å². The van der Waals surface area contributed by atoms with Crippen molar-refractivity contribution in [2.45, 2.75) is 11.4 Å². The number of nitrogens with zero attached hydrogens (tertiary/aromatic N) is 2. The first-order valence-corrected chi connectivity index (χ1v) is 10.6. The molecule has 0 radical (unpaired) electrons. The topological polar surface area (TPSA) is 125 Å². The summed E-state index contributed by atoms with van der Waals surface area (Å²) in [6, 6.07) is 6.77. The van der Waals surface area contributed by atoms with Gasteiger partial charge in [0.15, 0.2) is 5.03 Å². The van der Waals surface area contributed by atoms with Crippen LogP contribution in [0.5, 0.6) is 0 Å². The largest absolute Gasteiger partial charge is 0.481 e. The van der Waals surface area contributed by atoms with E-state index in [1.807, 2.05) is 0 Å². The molecule has 1 aliphatic heterocycles. The van der Waals surface area contributed by atoms with Crippen LogP contribution in [0.2, 0.25) is 5.02 Å². The zero-order valence-corrected chi connectivity index (χ0v) is 16.2. The van der Waals surface area contributed by atoms with Crippen LogP contribution in [0.1, 0.15) is 6.42 Å². The molecular formula is C16H15ClN2O6S2. The minimum Gasteiger partial charge on any atom is -0.481 e. The molecule has 2 unspecified atom stereocenters. The van der Waals surface area contributed by atoms with Crippen molar-refractivity contribution < 1.29 is 28.2 Å². The standard InChI is InChI=1S/C16H15ClN2O6S2/c17-10-3-1-9(2-4-10)14-18-13(8-26-14)27(24,25)19-6-5-11(15(20)21)12(7-19)16(22)23/h1-4,8,11-12H,5-7H2,(H,20,21)(H,22,23). The third-order valence-corrected chi connectivity index (χ3v) is 7.43. The highest BCUT2D eigenvalue weighted by atomic mass is 35.5. The Balaban J connectivity index is 1.85. The minimum atomic E-state index is -4.02. The van der Waals surface area contributed by atoms with E-state index < -0.39 is 40.3 Å². The number of carboxylic acids is 2. The summed E-state index contributed by atoms with van der Waals surface area (Å²) in [4.78, 5) is 26.8. The molecule has 0 bridgehead atoms. The molecule has 0 aliphatic carbocycles. The molecule has 1 fully saturated rings. The van der Waals surface area contributed by atoms with Crippen LogP contribution < -0.4 is 0 Å². The third-order valence-electron chi connectivity index (χ3n) is 4.39. The van der Waals surface area contributed by atoms with Crippen LogP contribution in [0, 0.1) is 11.8 Å². The summed E-state index contributed by atoms with van der Waals surface area (Å²) >= 11 is 6.98. The Morgan fingerprint density at radius 1 is 1.15 bits per heavy atom. The molecule has 1 aromatic carbocycles. The van der Waals surface area contributed by atoms with E-state index in [4.69, 9.17) is 16.7 Å². The van der Waals surface area contributed by atoms with Crippen molar-refractivity contribution >= 4 is 44.9 Å². The molecule has 0 spiro atoms. The molecule has 2 heterocycles. The second kappa shape index (κ2) is 7.55. The summed E-state index contributed by atoms with van der Waals surface area (Å²) in [7, 11) is -4.02. The number of benzene rings is 1. The van der Waals surface area contributed by atoms with E-state index in [2.05, 4.69) is 4.98 Å². The number of aromatic nitrogens is 1. The second-order valence-corrected chi connectivity index (χ2v) is 9.22. The van der Waals surface area contributed by atoms with E-state index >= 15 is 0 Å². The molecule has 2 N–H and O–H groups in total. The van der Waals surface area contributed by atoms with Crippen LogP contribution in [0.3, 0.4) is 0 Å². The highest BCUT2D eigenvalue weighted by Gasteiger charge is 2.43. The third kappa shape index (κ3) is 3.98. The van der Waals surface area contributed by atoms with Crippen molar-refractivity contribution in [1.29, 1.82) is 0 Å². The maximum Gasteiger partial charge on any atom is 0.308 e. The van der Waals surface area contributed by atoms with Gasteiger partial charge in [-0.1, -0.05) is 23.7 Å². The fourth-order valence-corrected chi connectivity index (χ4v) is 5.60. The van der Waals surface area contributed by atoms with Crippen molar-refractivity contribution in [3.05, 3.63) is 34.7 Å². The molecule has 1 aliphatic rings. The lowest BCUT2D eigenvalue weighted by Gasteiger charge is -2.33. The molecule has 2 atom stereocenters. The average molecular weight is 431 g/mol. The summed E-state index contributed by atoms with van der Waals surface area (Å²) in [6.45, 7) is -0.473. The van der Waals surface area contributed by atoms with E-state index in [9.17, 15) is 23.1 Å². The van der Waals surface area contributed by atoms with Gasteiger partial charge in [-0.05, 0) is 18.6 Å². The fourth-order valence-electron chi connectivity index (χ4n) is 2.92. The zero-order chi connectivity index (χ0) is 19.8. The molecule has 0 saturated carbocycles. The lowest BCUT2D eigenvalue weighted by Crippen LogP contribution is -2.48. The molecule has 1 saturated heterocycles. The fraction of sp³-hybridized carbons (Fsp3) is 0.312. The van der Waals surface area contributed by atoms with E-state index in [1.165, 1.54) is 5.38 Å². The maximum absolute atomic E-state index is 12.8. The number of aliphatic carboxylic acids is 2. The van der Waals surface area contributed by atoms with Gasteiger partial charge in [-0.15, -0.1) is 11.3 Å². The summed E-state index contributed by atoms with van der Waals surface area (Å²) < 4.78 is 26.7. The lowest BCUT2D eigenvalue weighted by molar-refractivity contribution is -0.156. The van der Waals surface area contributed by atoms with E-state index in [0.717, 1.165) is 15.6 Å². The Labute approximate surface area is 164 Å². The first-order valence-electron chi connectivity index (χ1n) is 7.87. The first kappa shape index (κ1) is 19.7. The average Bonchev–Trinajstić information content (AvgIpc) is 3.12. The molecular weight excluding hydrogens is 416 g/mol. The Bertz CT molecular complexity index is 973. The molecule has 144 valence electrons. The van der Waals surface area contributed by atoms with Crippen molar-refractivity contribution in [2.24, 2.45) is 11.8 Å². The molecule has 3 rings (SSSR count). The number of piperidine rings is 1. The Kier molecular flexibility index (Phi) is 5.52. The number of carbonyl (C=O) groups is 2. The number of thiazole rings is 1. The highest BCUT2D eigenvalue weighted by molar-refractivity contribution is 7.89. The van der Waals surface area contributed by atoms with Crippen LogP contribution in [0.25, 0.3) is 10.6 Å². The smallest absolute Gasteiger partial charge is 0.308 e. The number of halogens is 1. The van der Waals surface area contributed by atoms with Crippen LogP contribution >= 0.6 is 22.9 Å². The Hall–Kier alpha value is -2.01. The van der Waals surface area contributed by atoms with Gasteiger partial charge in [0.25, 0.3) is 10.0 Å². The summed E-state index contributed by atoms with van der Waals surface area (Å²) in [5, 5.41) is 20.7. The summed E-state index contributed by atoms with van der Waals surface area (Å²) in [5.41, 5.74) is 0.707. The van der Waals surface area contributed by atoms with Crippen LogP contribution in [0.4, 0.5) is 0 Å². The normalized spacial score (nSPS) is 21.1.